The predicted octanol–water partition coefficient (Wildman–Crippen LogP) is 2.79. The molecule has 0 spiro atoms. The molecule has 0 bridgehead atoms. The van der Waals surface area contributed by atoms with Crippen LogP contribution in [0.5, 0.6) is 0 Å². The summed E-state index contributed by atoms with van der Waals surface area (Å²) in [5, 5.41) is 3.37. The highest BCUT2D eigenvalue weighted by atomic mass is 15.2. The SMILES string of the molecule is CCCNc1cn2ccnc2c(N(C)CC2CCC2)n1. The molecule has 2 aromatic rings. The first-order chi connectivity index (χ1) is 9.78. The number of hydrogen-bond donors (Lipinski definition) is 1. The summed E-state index contributed by atoms with van der Waals surface area (Å²) in [6.45, 7) is 4.18. The maximum absolute atomic E-state index is 4.75. The number of nitrogens with one attached hydrogen (secondary N) is 1. The molecule has 0 atom stereocenters. The van der Waals surface area contributed by atoms with Crippen LogP contribution < -0.4 is 10.2 Å². The third-order valence-corrected chi connectivity index (χ3v) is 4.03. The van der Waals surface area contributed by atoms with Gasteiger partial charge in [0.25, 0.3) is 0 Å². The van der Waals surface area contributed by atoms with Gasteiger partial charge in [0.2, 0.25) is 0 Å². The topological polar surface area (TPSA) is 45.5 Å². The van der Waals surface area contributed by atoms with Crippen LogP contribution in [0.15, 0.2) is 18.6 Å². The molecule has 3 rings (SSSR count). The van der Waals surface area contributed by atoms with Gasteiger partial charge in [-0.1, -0.05) is 13.3 Å². The second kappa shape index (κ2) is 5.69. The monoisotopic (exact) mass is 273 g/mol. The Labute approximate surface area is 120 Å². The Kier molecular flexibility index (Phi) is 3.76. The van der Waals surface area contributed by atoms with Gasteiger partial charge in [-0.15, -0.1) is 0 Å². The summed E-state index contributed by atoms with van der Waals surface area (Å²) in [4.78, 5) is 11.5. The van der Waals surface area contributed by atoms with Crippen molar-refractivity contribution in [2.45, 2.75) is 32.6 Å². The molecule has 1 saturated carbocycles. The molecule has 0 amide bonds. The van der Waals surface area contributed by atoms with Crippen LogP contribution in [0.25, 0.3) is 5.65 Å². The van der Waals surface area contributed by atoms with E-state index in [4.69, 9.17) is 4.98 Å². The van der Waals surface area contributed by atoms with Crippen molar-refractivity contribution < 1.29 is 0 Å². The third-order valence-electron chi connectivity index (χ3n) is 4.03. The van der Waals surface area contributed by atoms with Crippen LogP contribution in [-0.4, -0.2) is 34.5 Å². The highest BCUT2D eigenvalue weighted by Gasteiger charge is 2.21. The van der Waals surface area contributed by atoms with E-state index in [1.54, 1.807) is 0 Å². The van der Waals surface area contributed by atoms with Crippen LogP contribution in [0.4, 0.5) is 11.6 Å². The number of fused-ring (bicyclic) bond motifs is 1. The first kappa shape index (κ1) is 13.2. The second-order valence-corrected chi connectivity index (χ2v) is 5.71. The number of nitrogens with zero attached hydrogens (tertiary/aromatic N) is 4. The number of anilines is 2. The van der Waals surface area contributed by atoms with E-state index in [0.29, 0.717) is 0 Å². The zero-order chi connectivity index (χ0) is 13.9. The van der Waals surface area contributed by atoms with Crippen LogP contribution in [0.1, 0.15) is 32.6 Å². The third kappa shape index (κ3) is 2.57. The van der Waals surface area contributed by atoms with Crippen molar-refractivity contribution in [3.05, 3.63) is 18.6 Å². The smallest absolute Gasteiger partial charge is 0.180 e. The molecule has 0 aromatic carbocycles. The van der Waals surface area contributed by atoms with E-state index in [2.05, 4.69) is 33.6 Å². The van der Waals surface area contributed by atoms with Gasteiger partial charge in [0.15, 0.2) is 11.5 Å². The van der Waals surface area contributed by atoms with E-state index in [1.165, 1.54) is 19.3 Å². The summed E-state index contributed by atoms with van der Waals surface area (Å²) in [6, 6.07) is 0. The molecule has 108 valence electrons. The molecule has 1 aliphatic rings. The van der Waals surface area contributed by atoms with E-state index < -0.39 is 0 Å². The molecular formula is C15H23N5. The van der Waals surface area contributed by atoms with Gasteiger partial charge in [-0.3, -0.25) is 0 Å². The minimum Gasteiger partial charge on any atom is -0.369 e. The van der Waals surface area contributed by atoms with E-state index in [-0.39, 0.29) is 0 Å². The minimum atomic E-state index is 0.823. The largest absolute Gasteiger partial charge is 0.369 e. The Balaban J connectivity index is 1.87. The normalized spacial score (nSPS) is 15.3. The maximum Gasteiger partial charge on any atom is 0.180 e. The molecular weight excluding hydrogens is 250 g/mol. The van der Waals surface area contributed by atoms with E-state index in [0.717, 1.165) is 42.7 Å². The Morgan fingerprint density at radius 3 is 3.00 bits per heavy atom. The van der Waals surface area contributed by atoms with E-state index in [9.17, 15) is 0 Å². The lowest BCUT2D eigenvalue weighted by atomic mass is 9.85. The molecule has 5 nitrogen and oxygen atoms in total. The number of imidazole rings is 1. The van der Waals surface area contributed by atoms with Gasteiger partial charge in [0.05, 0.1) is 6.20 Å². The molecule has 20 heavy (non-hydrogen) atoms. The van der Waals surface area contributed by atoms with Gasteiger partial charge in [0.1, 0.15) is 5.82 Å². The summed E-state index contributed by atoms with van der Waals surface area (Å²) in [6.07, 6.45) is 11.0. The van der Waals surface area contributed by atoms with Crippen molar-refractivity contribution in [1.82, 2.24) is 14.4 Å². The van der Waals surface area contributed by atoms with E-state index >= 15 is 0 Å². The van der Waals surface area contributed by atoms with Crippen molar-refractivity contribution >= 4 is 17.3 Å². The molecule has 2 heterocycles. The van der Waals surface area contributed by atoms with Gasteiger partial charge in [-0.05, 0) is 25.2 Å². The summed E-state index contributed by atoms with van der Waals surface area (Å²) in [7, 11) is 2.12. The average Bonchev–Trinajstić information content (AvgIpc) is 2.87. The van der Waals surface area contributed by atoms with Crippen LogP contribution in [0, 0.1) is 5.92 Å². The summed E-state index contributed by atoms with van der Waals surface area (Å²) >= 11 is 0. The Hall–Kier alpha value is -1.78. The van der Waals surface area contributed by atoms with Crippen LogP contribution >= 0.6 is 0 Å². The molecule has 0 saturated heterocycles. The van der Waals surface area contributed by atoms with E-state index in [1.807, 2.05) is 18.6 Å². The van der Waals surface area contributed by atoms with Crippen molar-refractivity contribution in [3.63, 3.8) is 0 Å². The van der Waals surface area contributed by atoms with Gasteiger partial charge >= 0.3 is 0 Å². The lowest BCUT2D eigenvalue weighted by Gasteiger charge is -2.30. The first-order valence-corrected chi connectivity index (χ1v) is 7.56. The number of aromatic nitrogens is 3. The fraction of sp³-hybridized carbons (Fsp3) is 0.600. The highest BCUT2D eigenvalue weighted by Crippen LogP contribution is 2.29. The zero-order valence-corrected chi connectivity index (χ0v) is 12.3. The average molecular weight is 273 g/mol. The minimum absolute atomic E-state index is 0.823. The summed E-state index contributed by atoms with van der Waals surface area (Å²) in [5.74, 6) is 2.72. The lowest BCUT2D eigenvalue weighted by molar-refractivity contribution is 0.321. The van der Waals surface area contributed by atoms with Crippen molar-refractivity contribution in [1.29, 1.82) is 0 Å². The molecule has 1 N–H and O–H groups in total. The molecule has 2 aromatic heterocycles. The zero-order valence-electron chi connectivity index (χ0n) is 12.3. The molecule has 1 aliphatic carbocycles. The standard InChI is InChI=1S/C15H23N5/c1-3-7-16-13-11-20-9-8-17-14(20)15(18-13)19(2)10-12-5-4-6-12/h8-9,11-12,16H,3-7,10H2,1-2H3. The van der Waals surface area contributed by atoms with Gasteiger partial charge in [-0.2, -0.15) is 0 Å². The summed E-state index contributed by atoms with van der Waals surface area (Å²) < 4.78 is 2.05. The molecule has 5 heteroatoms. The lowest BCUT2D eigenvalue weighted by Crippen LogP contribution is -2.30. The van der Waals surface area contributed by atoms with Crippen molar-refractivity contribution in [2.24, 2.45) is 5.92 Å². The fourth-order valence-electron chi connectivity index (χ4n) is 2.66. The Morgan fingerprint density at radius 1 is 1.45 bits per heavy atom. The first-order valence-electron chi connectivity index (χ1n) is 7.56. The Morgan fingerprint density at radius 2 is 2.30 bits per heavy atom. The predicted molar refractivity (Wildman–Crippen MR) is 82.4 cm³/mol. The van der Waals surface area contributed by atoms with Crippen LogP contribution in [-0.2, 0) is 0 Å². The van der Waals surface area contributed by atoms with Crippen molar-refractivity contribution in [2.75, 3.05) is 30.4 Å². The van der Waals surface area contributed by atoms with Crippen LogP contribution in [0.2, 0.25) is 0 Å². The Bertz CT molecular complexity index is 573. The quantitative estimate of drug-likeness (QED) is 0.879. The van der Waals surface area contributed by atoms with Gasteiger partial charge in [0, 0.05) is 32.5 Å². The molecule has 0 aliphatic heterocycles. The van der Waals surface area contributed by atoms with Gasteiger partial charge in [-0.25, -0.2) is 9.97 Å². The molecule has 0 radical (unpaired) electrons. The molecule has 0 unspecified atom stereocenters. The van der Waals surface area contributed by atoms with Gasteiger partial charge < -0.3 is 14.6 Å². The maximum atomic E-state index is 4.75. The van der Waals surface area contributed by atoms with Crippen LogP contribution in [0.3, 0.4) is 0 Å². The fourth-order valence-corrected chi connectivity index (χ4v) is 2.66. The number of rotatable bonds is 6. The summed E-state index contributed by atoms with van der Waals surface area (Å²) in [5.41, 5.74) is 0.939. The number of hydrogen-bond acceptors (Lipinski definition) is 4. The van der Waals surface area contributed by atoms with Crippen molar-refractivity contribution in [3.8, 4) is 0 Å². The second-order valence-electron chi connectivity index (χ2n) is 5.71. The molecule has 1 fully saturated rings. The highest BCUT2D eigenvalue weighted by molar-refractivity contribution is 5.66.